The third-order valence-electron chi connectivity index (χ3n) is 1.55. The summed E-state index contributed by atoms with van der Waals surface area (Å²) in [5.74, 6) is -7.29. The summed E-state index contributed by atoms with van der Waals surface area (Å²) in [6.45, 7) is -4.51. The maximum absolute atomic E-state index is 11.1. The van der Waals surface area contributed by atoms with Crippen LogP contribution in [0.5, 0.6) is 0 Å². The highest BCUT2D eigenvalue weighted by Crippen LogP contribution is 2.01. The van der Waals surface area contributed by atoms with E-state index >= 15 is 0 Å². The quantitative estimate of drug-likeness (QED) is 0.587. The molecule has 0 amide bonds. The van der Waals surface area contributed by atoms with E-state index in [0.29, 0.717) is 0 Å². The Morgan fingerprint density at radius 2 is 2.30 bits per heavy atom. The Labute approximate surface area is 141 Å². The Morgan fingerprint density at radius 3 is 2.75 bits per heavy atom. The first kappa shape index (κ1) is 4.82. The molecule has 0 aliphatic heterocycles. The molecule has 0 bridgehead atoms. The molecule has 0 spiro atoms. The molecule has 0 fully saturated rings. The highest BCUT2D eigenvalue weighted by Gasteiger charge is 2.14. The lowest BCUT2D eigenvalue weighted by atomic mass is 10.1. The van der Waals surface area contributed by atoms with Crippen molar-refractivity contribution in [2.45, 2.75) is 32.2 Å². The average molecular weight is 298 g/mol. The van der Waals surface area contributed by atoms with Gasteiger partial charge in [0.05, 0.1) is 6.85 Å². The summed E-state index contributed by atoms with van der Waals surface area (Å²) in [5, 5.41) is 17.7. The summed E-state index contributed by atoms with van der Waals surface area (Å²) in [6, 6.07) is -6.50. The SMILES string of the molecule is [2H]CC([2H])(C([2H])([2H])[2H])[C@@]([2H])(C(=O)O)N([2H])[2H].[2H]c1ccc(C([2H])([2H])[C@@]([2H])(C(=O)O)N([2H])[2H])c([2H])c1[2H]. The van der Waals surface area contributed by atoms with Gasteiger partial charge in [-0.15, -0.1) is 0 Å². The highest BCUT2D eigenvalue weighted by atomic mass is 16.4. The van der Waals surface area contributed by atoms with Crippen molar-refractivity contribution in [2.24, 2.45) is 17.3 Å². The van der Waals surface area contributed by atoms with E-state index < -0.39 is 79.1 Å². The summed E-state index contributed by atoms with van der Waals surface area (Å²) < 4.78 is 116. The average Bonchev–Trinajstić information content (AvgIpc) is 2.74. The van der Waals surface area contributed by atoms with Crippen molar-refractivity contribution < 1.29 is 41.9 Å². The fraction of sp³-hybridized carbons (Fsp3) is 0.429. The molecule has 6 nitrogen and oxygen atoms in total. The van der Waals surface area contributed by atoms with Crippen molar-refractivity contribution in [3.63, 3.8) is 0 Å². The maximum Gasteiger partial charge on any atom is 0.320 e. The van der Waals surface area contributed by atoms with Crippen molar-refractivity contribution >= 4 is 11.9 Å². The van der Waals surface area contributed by atoms with Gasteiger partial charge in [0.1, 0.15) is 17.7 Å². The predicted octanol–water partition coefficient (Wildman–Crippen LogP) is 0.695. The summed E-state index contributed by atoms with van der Waals surface area (Å²) in [5.41, 5.74) is -1.92. The van der Waals surface area contributed by atoms with E-state index in [1.165, 1.54) is 0 Å². The van der Waals surface area contributed by atoms with Crippen LogP contribution in [-0.4, -0.2) is 34.2 Å². The zero-order chi connectivity index (χ0) is 29.2. The number of hydrogen-bond donors (Lipinski definition) is 4. The van der Waals surface area contributed by atoms with Gasteiger partial charge in [0, 0.05) is 9.60 Å². The van der Waals surface area contributed by atoms with Crippen LogP contribution < -0.4 is 11.4 Å². The van der Waals surface area contributed by atoms with Crippen LogP contribution in [0.2, 0.25) is 5.65 Å². The van der Waals surface area contributed by atoms with E-state index in [2.05, 4.69) is 0 Å². The van der Waals surface area contributed by atoms with Crippen LogP contribution in [0.1, 0.15) is 35.8 Å². The van der Waals surface area contributed by atoms with Crippen molar-refractivity contribution in [1.82, 2.24) is 0 Å². The third kappa shape index (κ3) is 7.50. The van der Waals surface area contributed by atoms with Gasteiger partial charge in [0.15, 0.2) is 0 Å². The van der Waals surface area contributed by atoms with E-state index in [4.69, 9.17) is 32.3 Å². The molecule has 0 aliphatic rings. The van der Waals surface area contributed by atoms with Crippen LogP contribution in [0.15, 0.2) is 30.3 Å². The van der Waals surface area contributed by atoms with Gasteiger partial charge in [-0.2, -0.15) is 0 Å². The molecule has 0 saturated heterocycles. The van der Waals surface area contributed by atoms with Gasteiger partial charge < -0.3 is 21.7 Å². The fourth-order valence-corrected chi connectivity index (χ4v) is 0.695. The minimum Gasteiger partial charge on any atom is -0.480 e. The Morgan fingerprint density at radius 1 is 1.50 bits per heavy atom. The normalized spacial score (nSPS) is 32.3. The first-order valence-electron chi connectivity index (χ1n) is 12.8. The van der Waals surface area contributed by atoms with E-state index in [-0.39, 0.29) is 6.04 Å². The van der Waals surface area contributed by atoms with E-state index in [0.717, 1.165) is 12.1 Å². The second-order valence-electron chi connectivity index (χ2n) is 3.05. The summed E-state index contributed by atoms with van der Waals surface area (Å²) >= 11 is 0. The van der Waals surface area contributed by atoms with Gasteiger partial charge >= 0.3 is 11.9 Å². The van der Waals surface area contributed by atoms with E-state index in [9.17, 15) is 9.59 Å². The number of aliphatic carboxylic acids is 2. The molecule has 0 aromatic heterocycles. The Bertz CT molecular complexity index is 975. The molecule has 1 unspecified atom stereocenters. The molecular weight excluding hydrogens is 260 g/mol. The van der Waals surface area contributed by atoms with Gasteiger partial charge in [-0.05, 0) is 17.8 Å². The Hall–Kier alpha value is -1.92. The van der Waals surface area contributed by atoms with Crippen LogP contribution in [0.3, 0.4) is 0 Å². The monoisotopic (exact) mass is 298 g/mol. The molecule has 0 saturated carbocycles. The number of hydrogen-bond acceptors (Lipinski definition) is 4. The first-order valence-corrected chi connectivity index (χ1v) is 4.82. The van der Waals surface area contributed by atoms with Gasteiger partial charge in [0.2, 0.25) is 0 Å². The second kappa shape index (κ2) is 9.06. The molecule has 1 aromatic carbocycles. The predicted molar refractivity (Wildman–Crippen MR) is 76.2 cm³/mol. The lowest BCUT2D eigenvalue weighted by Gasteiger charge is -2.07. The van der Waals surface area contributed by atoms with Crippen LogP contribution in [0.4, 0.5) is 0 Å². The zero-order valence-electron chi connectivity index (χ0n) is 26.0. The summed E-state index contributed by atoms with van der Waals surface area (Å²) in [6.07, 6.45) is -3.11. The molecule has 20 heavy (non-hydrogen) atoms. The number of carboxylic acids is 2. The molecule has 0 aliphatic carbocycles. The van der Waals surface area contributed by atoms with E-state index in [1.807, 2.05) is 0 Å². The maximum atomic E-state index is 11.1. The molecule has 1 rings (SSSR count). The lowest BCUT2D eigenvalue weighted by molar-refractivity contribution is -0.140. The molecule has 6 heteroatoms. The number of benzene rings is 1. The number of nitrogens with two attached hydrogens (primary N) is 2. The number of carbonyl (C=O) groups is 2. The van der Waals surface area contributed by atoms with Gasteiger partial charge in [-0.25, -0.2) is 0 Å². The minimum atomic E-state index is -3.36. The van der Waals surface area contributed by atoms with Crippen LogP contribution in [0, 0.1) is 5.89 Å². The topological polar surface area (TPSA) is 127 Å². The molecule has 0 radical (unpaired) electrons. The molecule has 112 valence electrons. The lowest BCUT2D eigenvalue weighted by Crippen LogP contribution is -2.34. The smallest absolute Gasteiger partial charge is 0.320 e. The summed E-state index contributed by atoms with van der Waals surface area (Å²) in [7, 11) is 0. The first-order chi connectivity index (χ1) is 15.9. The molecule has 1 aromatic rings. The zero-order valence-corrected chi connectivity index (χ0v) is 9.97. The highest BCUT2D eigenvalue weighted by molar-refractivity contribution is 5.73. The van der Waals surface area contributed by atoms with Gasteiger partial charge in [-0.3, -0.25) is 9.59 Å². The van der Waals surface area contributed by atoms with Crippen molar-refractivity contribution in [1.29, 1.82) is 0 Å². The largest absolute Gasteiger partial charge is 0.480 e. The molecular formula is C14H22N2O4. The Balaban J connectivity index is 0.000000700. The van der Waals surface area contributed by atoms with Crippen LogP contribution in [-0.2, 0) is 16.0 Å². The van der Waals surface area contributed by atoms with Crippen molar-refractivity contribution in [3.05, 3.63) is 35.8 Å². The fourth-order valence-electron chi connectivity index (χ4n) is 0.695. The number of carboxylic acid groups (broad SMARTS) is 2. The standard InChI is InChI=1S/C9H11NO2.C5H11NO2/c10-8(9(11)12)6-7-4-2-1-3-5-7;1-3(2)4(6)5(7)8/h1-5,8H,6,10H2,(H,11,12);3-4H,6H2,1-2H3,(H,7,8)/t8-;4-/m00/s1/i1D,2D,4D,6D2,8D;1D,2D3,3D,4D/hD4/tm;3?,4-. The van der Waals surface area contributed by atoms with Gasteiger partial charge in [0.25, 0.3) is 0 Å². The van der Waals surface area contributed by atoms with E-state index in [1.54, 1.807) is 0 Å². The third-order valence-corrected chi connectivity index (χ3v) is 1.55. The number of rotatable bonds is 7. The molecule has 0 heterocycles. The second-order valence-corrected chi connectivity index (χ2v) is 3.05. The summed E-state index contributed by atoms with van der Waals surface area (Å²) in [4.78, 5) is 21.9. The Kier molecular flexibility index (Phi) is 2.18. The molecule has 3 atom stereocenters. The van der Waals surface area contributed by atoms with Crippen LogP contribution in [0.25, 0.3) is 0 Å². The van der Waals surface area contributed by atoms with Crippen LogP contribution >= 0.6 is 0 Å². The van der Waals surface area contributed by atoms with Crippen molar-refractivity contribution in [2.75, 3.05) is 0 Å². The molecule has 6 N–H and O–H groups in total. The van der Waals surface area contributed by atoms with Gasteiger partial charge in [-0.1, -0.05) is 44.0 Å². The van der Waals surface area contributed by atoms with Crippen molar-refractivity contribution in [3.8, 4) is 0 Å². The minimum absolute atomic E-state index is 0.353.